The van der Waals surface area contributed by atoms with Crippen molar-refractivity contribution < 1.29 is 4.79 Å². The van der Waals surface area contributed by atoms with Gasteiger partial charge in [-0.25, -0.2) is 0 Å². The molecule has 2 fully saturated rings. The Balaban J connectivity index is 0.00000128. The van der Waals surface area contributed by atoms with E-state index in [4.69, 9.17) is 5.73 Å². The second-order valence-electron chi connectivity index (χ2n) is 5.20. The fourth-order valence-corrected chi connectivity index (χ4v) is 2.78. The lowest BCUT2D eigenvalue weighted by Gasteiger charge is -2.21. The van der Waals surface area contributed by atoms with E-state index < -0.39 is 0 Å². The van der Waals surface area contributed by atoms with Crippen molar-refractivity contribution >= 4 is 18.3 Å². The van der Waals surface area contributed by atoms with Crippen molar-refractivity contribution in [1.29, 1.82) is 0 Å². The van der Waals surface area contributed by atoms with E-state index in [1.165, 1.54) is 38.5 Å². The van der Waals surface area contributed by atoms with Gasteiger partial charge < -0.3 is 11.1 Å². The molecule has 0 aromatic carbocycles. The van der Waals surface area contributed by atoms with Crippen molar-refractivity contribution in [3.63, 3.8) is 0 Å². The minimum absolute atomic E-state index is 0. The summed E-state index contributed by atoms with van der Waals surface area (Å²) in [7, 11) is 0. The standard InChI is InChI=1S/C12H22N2O.ClH/c1-8(13)12(15)14-11-7-10(11)9-5-3-2-4-6-9;/h8-11H,2-7,13H2,1H3,(H,14,15);1H. The summed E-state index contributed by atoms with van der Waals surface area (Å²) in [6.45, 7) is 1.74. The molecule has 3 atom stereocenters. The van der Waals surface area contributed by atoms with Gasteiger partial charge in [-0.05, 0) is 25.2 Å². The van der Waals surface area contributed by atoms with Gasteiger partial charge in [-0.2, -0.15) is 0 Å². The number of nitrogens with two attached hydrogens (primary N) is 1. The van der Waals surface area contributed by atoms with Gasteiger partial charge in [-0.1, -0.05) is 32.1 Å². The van der Waals surface area contributed by atoms with Crippen LogP contribution in [0.3, 0.4) is 0 Å². The molecule has 0 spiro atoms. The third-order valence-electron chi connectivity index (χ3n) is 3.84. The van der Waals surface area contributed by atoms with Crippen LogP contribution in [-0.2, 0) is 4.79 Å². The second-order valence-corrected chi connectivity index (χ2v) is 5.20. The van der Waals surface area contributed by atoms with Crippen molar-refractivity contribution in [1.82, 2.24) is 5.32 Å². The van der Waals surface area contributed by atoms with Gasteiger partial charge in [0.1, 0.15) is 0 Å². The highest BCUT2D eigenvalue weighted by atomic mass is 35.5. The Bertz CT molecular complexity index is 239. The largest absolute Gasteiger partial charge is 0.352 e. The lowest BCUT2D eigenvalue weighted by molar-refractivity contribution is -0.122. The lowest BCUT2D eigenvalue weighted by atomic mass is 9.85. The van der Waals surface area contributed by atoms with E-state index in [1.807, 2.05) is 0 Å². The molecule has 3 N–H and O–H groups in total. The van der Waals surface area contributed by atoms with Crippen LogP contribution in [0.2, 0.25) is 0 Å². The third kappa shape index (κ3) is 3.36. The number of hydrogen-bond donors (Lipinski definition) is 2. The fraction of sp³-hybridized carbons (Fsp3) is 0.917. The monoisotopic (exact) mass is 246 g/mol. The van der Waals surface area contributed by atoms with Crippen molar-refractivity contribution in [2.24, 2.45) is 17.6 Å². The maximum Gasteiger partial charge on any atom is 0.236 e. The number of halogens is 1. The van der Waals surface area contributed by atoms with Gasteiger partial charge in [0.25, 0.3) is 0 Å². The summed E-state index contributed by atoms with van der Waals surface area (Å²) in [4.78, 5) is 11.4. The molecule has 94 valence electrons. The summed E-state index contributed by atoms with van der Waals surface area (Å²) in [6, 6.07) is 0.0733. The second kappa shape index (κ2) is 5.87. The van der Waals surface area contributed by atoms with E-state index in [2.05, 4.69) is 5.32 Å². The smallest absolute Gasteiger partial charge is 0.236 e. The zero-order valence-electron chi connectivity index (χ0n) is 9.95. The molecule has 0 aromatic rings. The molecule has 1 amide bonds. The van der Waals surface area contributed by atoms with Gasteiger partial charge in [0.2, 0.25) is 5.91 Å². The molecule has 0 heterocycles. The van der Waals surface area contributed by atoms with Crippen LogP contribution in [0.25, 0.3) is 0 Å². The summed E-state index contributed by atoms with van der Waals surface area (Å²) in [5, 5.41) is 3.04. The van der Waals surface area contributed by atoms with E-state index in [1.54, 1.807) is 6.92 Å². The molecule has 3 unspecified atom stereocenters. The average Bonchev–Trinajstić information content (AvgIpc) is 2.98. The van der Waals surface area contributed by atoms with Crippen LogP contribution in [0.5, 0.6) is 0 Å². The Morgan fingerprint density at radius 3 is 2.50 bits per heavy atom. The van der Waals surface area contributed by atoms with Crippen LogP contribution >= 0.6 is 12.4 Å². The molecular weight excluding hydrogens is 224 g/mol. The predicted octanol–water partition coefficient (Wildman–Crippen LogP) is 1.84. The topological polar surface area (TPSA) is 55.1 Å². The minimum Gasteiger partial charge on any atom is -0.352 e. The van der Waals surface area contributed by atoms with Gasteiger partial charge in [0, 0.05) is 6.04 Å². The van der Waals surface area contributed by atoms with E-state index >= 15 is 0 Å². The summed E-state index contributed by atoms with van der Waals surface area (Å²) in [5.74, 6) is 1.64. The van der Waals surface area contributed by atoms with Crippen LogP contribution in [0.1, 0.15) is 45.4 Å². The van der Waals surface area contributed by atoms with Gasteiger partial charge in [-0.3, -0.25) is 4.79 Å². The highest BCUT2D eigenvalue weighted by Gasteiger charge is 2.43. The Morgan fingerprint density at radius 2 is 1.94 bits per heavy atom. The van der Waals surface area contributed by atoms with Crippen LogP contribution in [-0.4, -0.2) is 18.0 Å². The number of hydrogen-bond acceptors (Lipinski definition) is 2. The normalized spacial score (nSPS) is 31.4. The van der Waals surface area contributed by atoms with Crippen LogP contribution < -0.4 is 11.1 Å². The van der Waals surface area contributed by atoms with Gasteiger partial charge >= 0.3 is 0 Å². The molecule has 2 aliphatic rings. The van der Waals surface area contributed by atoms with Gasteiger partial charge in [0.05, 0.1) is 6.04 Å². The maximum absolute atomic E-state index is 11.4. The number of rotatable bonds is 3. The van der Waals surface area contributed by atoms with Crippen LogP contribution in [0, 0.1) is 11.8 Å². The molecule has 0 aliphatic heterocycles. The molecule has 0 aromatic heterocycles. The van der Waals surface area contributed by atoms with Crippen molar-refractivity contribution in [2.45, 2.75) is 57.5 Å². The molecule has 16 heavy (non-hydrogen) atoms. The molecule has 2 saturated carbocycles. The third-order valence-corrected chi connectivity index (χ3v) is 3.84. The number of carbonyl (C=O) groups is 1. The summed E-state index contributed by atoms with van der Waals surface area (Å²) < 4.78 is 0. The van der Waals surface area contributed by atoms with Gasteiger partial charge in [0.15, 0.2) is 0 Å². The molecule has 4 heteroatoms. The number of carbonyl (C=O) groups excluding carboxylic acids is 1. The molecule has 0 radical (unpaired) electrons. The minimum atomic E-state index is -0.363. The first kappa shape index (κ1) is 13.8. The Hall–Kier alpha value is -0.280. The van der Waals surface area contributed by atoms with E-state index in [9.17, 15) is 4.79 Å². The van der Waals surface area contributed by atoms with E-state index in [0.29, 0.717) is 6.04 Å². The highest BCUT2D eigenvalue weighted by Crippen LogP contribution is 2.44. The first-order valence-corrected chi connectivity index (χ1v) is 6.24. The SMILES string of the molecule is CC(N)C(=O)NC1CC1C1CCCCC1.Cl. The average molecular weight is 247 g/mol. The van der Waals surface area contributed by atoms with Gasteiger partial charge in [-0.15, -0.1) is 12.4 Å². The predicted molar refractivity (Wildman–Crippen MR) is 67.5 cm³/mol. The molecular formula is C12H23ClN2O. The van der Waals surface area contributed by atoms with E-state index in [0.717, 1.165) is 11.8 Å². The number of nitrogens with one attached hydrogen (secondary N) is 1. The van der Waals surface area contributed by atoms with Crippen molar-refractivity contribution in [3.8, 4) is 0 Å². The lowest BCUT2D eigenvalue weighted by Crippen LogP contribution is -2.40. The zero-order valence-corrected chi connectivity index (χ0v) is 10.8. The highest BCUT2D eigenvalue weighted by molar-refractivity contribution is 5.85. The Kier molecular flexibility index (Phi) is 5.06. The van der Waals surface area contributed by atoms with Crippen LogP contribution in [0.4, 0.5) is 0 Å². The molecule has 2 rings (SSSR count). The fourth-order valence-electron chi connectivity index (χ4n) is 2.78. The molecule has 0 bridgehead atoms. The summed E-state index contributed by atoms with van der Waals surface area (Å²) in [5.41, 5.74) is 5.52. The van der Waals surface area contributed by atoms with Crippen molar-refractivity contribution in [3.05, 3.63) is 0 Å². The van der Waals surface area contributed by atoms with Crippen LogP contribution in [0.15, 0.2) is 0 Å². The maximum atomic E-state index is 11.4. The Morgan fingerprint density at radius 1 is 1.31 bits per heavy atom. The zero-order chi connectivity index (χ0) is 10.8. The number of amides is 1. The molecule has 3 nitrogen and oxygen atoms in total. The molecule has 0 saturated heterocycles. The summed E-state index contributed by atoms with van der Waals surface area (Å²) in [6.07, 6.45) is 8.10. The first-order valence-electron chi connectivity index (χ1n) is 6.24. The Labute approximate surface area is 104 Å². The quantitative estimate of drug-likeness (QED) is 0.799. The van der Waals surface area contributed by atoms with Crippen molar-refractivity contribution in [2.75, 3.05) is 0 Å². The first-order chi connectivity index (χ1) is 7.18. The summed E-state index contributed by atoms with van der Waals surface area (Å²) >= 11 is 0. The molecule has 2 aliphatic carbocycles. The van der Waals surface area contributed by atoms with E-state index in [-0.39, 0.29) is 24.4 Å².